The molecular formula is C21H26N2O4S. The van der Waals surface area contributed by atoms with Crippen LogP contribution in [0, 0.1) is 6.92 Å². The van der Waals surface area contributed by atoms with Crippen molar-refractivity contribution in [3.63, 3.8) is 0 Å². The predicted octanol–water partition coefficient (Wildman–Crippen LogP) is 2.91. The number of ketones is 1. The number of Topliss-reactive ketones (excluding diaryl/α,β-unsaturated/α-hetero) is 1. The minimum absolute atomic E-state index is 0.114. The maximum atomic E-state index is 12.6. The molecule has 0 spiro atoms. The molecule has 0 aliphatic carbocycles. The molecule has 0 atom stereocenters. The van der Waals surface area contributed by atoms with E-state index in [-0.39, 0.29) is 29.6 Å². The van der Waals surface area contributed by atoms with Gasteiger partial charge in [0.1, 0.15) is 0 Å². The van der Waals surface area contributed by atoms with Crippen LogP contribution >= 0.6 is 0 Å². The number of nitrogens with one attached hydrogen (secondary N) is 1. The molecule has 0 saturated heterocycles. The van der Waals surface area contributed by atoms with Gasteiger partial charge in [0.15, 0.2) is 5.78 Å². The largest absolute Gasteiger partial charge is 0.352 e. The summed E-state index contributed by atoms with van der Waals surface area (Å²) < 4.78 is 26.4. The SMILES string of the molecule is CC(=O)c1ccc(S(=O)(=O)N(C)CCCC(=O)NCc2ccc(C)cc2)cc1. The Hall–Kier alpha value is -2.51. The van der Waals surface area contributed by atoms with Gasteiger partial charge in [-0.1, -0.05) is 42.0 Å². The van der Waals surface area contributed by atoms with E-state index in [2.05, 4.69) is 5.32 Å². The van der Waals surface area contributed by atoms with Crippen LogP contribution in [-0.2, 0) is 21.4 Å². The first-order valence-electron chi connectivity index (χ1n) is 9.10. The van der Waals surface area contributed by atoms with Gasteiger partial charge in [-0.25, -0.2) is 12.7 Å². The third kappa shape index (κ3) is 6.00. The lowest BCUT2D eigenvalue weighted by molar-refractivity contribution is -0.121. The van der Waals surface area contributed by atoms with Crippen molar-refractivity contribution in [2.75, 3.05) is 13.6 Å². The normalized spacial score (nSPS) is 11.4. The van der Waals surface area contributed by atoms with Crippen LogP contribution in [0.15, 0.2) is 53.4 Å². The summed E-state index contributed by atoms with van der Waals surface area (Å²) in [6, 6.07) is 13.8. The van der Waals surface area contributed by atoms with Crippen molar-refractivity contribution in [2.45, 2.75) is 38.1 Å². The summed E-state index contributed by atoms with van der Waals surface area (Å²) in [4.78, 5) is 23.4. The smallest absolute Gasteiger partial charge is 0.242 e. The second kappa shape index (κ2) is 9.61. The van der Waals surface area contributed by atoms with E-state index in [9.17, 15) is 18.0 Å². The number of amides is 1. The molecule has 0 unspecified atom stereocenters. The zero-order chi connectivity index (χ0) is 20.7. The summed E-state index contributed by atoms with van der Waals surface area (Å²) in [5.41, 5.74) is 2.65. The molecule has 1 N–H and O–H groups in total. The Morgan fingerprint density at radius 1 is 1.00 bits per heavy atom. The second-order valence-electron chi connectivity index (χ2n) is 6.77. The highest BCUT2D eigenvalue weighted by Crippen LogP contribution is 2.16. The maximum Gasteiger partial charge on any atom is 0.242 e. The van der Waals surface area contributed by atoms with Crippen LogP contribution in [0.5, 0.6) is 0 Å². The van der Waals surface area contributed by atoms with E-state index in [1.54, 1.807) is 0 Å². The molecular weight excluding hydrogens is 376 g/mol. The first-order valence-corrected chi connectivity index (χ1v) is 10.5. The highest BCUT2D eigenvalue weighted by Gasteiger charge is 2.20. The Morgan fingerprint density at radius 2 is 1.61 bits per heavy atom. The summed E-state index contributed by atoms with van der Waals surface area (Å²) in [7, 11) is -2.16. The molecule has 0 aromatic heterocycles. The van der Waals surface area contributed by atoms with Gasteiger partial charge in [0.05, 0.1) is 4.90 Å². The van der Waals surface area contributed by atoms with Crippen molar-refractivity contribution in [3.8, 4) is 0 Å². The van der Waals surface area contributed by atoms with Gasteiger partial charge in [-0.15, -0.1) is 0 Å². The number of rotatable bonds is 9. The first kappa shape index (κ1) is 21.8. The topological polar surface area (TPSA) is 83.6 Å². The number of benzene rings is 2. The lowest BCUT2D eigenvalue weighted by Crippen LogP contribution is -2.29. The standard InChI is InChI=1S/C21H26N2O4S/c1-16-6-8-18(9-7-16)15-22-21(25)5-4-14-23(3)28(26,27)20-12-10-19(11-13-20)17(2)24/h6-13H,4-5,14-15H2,1-3H3,(H,22,25). The Morgan fingerprint density at radius 3 is 2.18 bits per heavy atom. The molecule has 0 heterocycles. The van der Waals surface area contributed by atoms with Crippen LogP contribution in [0.3, 0.4) is 0 Å². The van der Waals surface area contributed by atoms with Crippen LogP contribution in [0.1, 0.15) is 41.3 Å². The summed E-state index contributed by atoms with van der Waals surface area (Å²) in [5.74, 6) is -0.230. The number of sulfonamides is 1. The van der Waals surface area contributed by atoms with Crippen LogP contribution in [-0.4, -0.2) is 38.0 Å². The van der Waals surface area contributed by atoms with E-state index in [4.69, 9.17) is 0 Å². The highest BCUT2D eigenvalue weighted by molar-refractivity contribution is 7.89. The number of carbonyl (C=O) groups is 2. The summed E-state index contributed by atoms with van der Waals surface area (Å²) in [5, 5.41) is 2.84. The van der Waals surface area contributed by atoms with Crippen molar-refractivity contribution < 1.29 is 18.0 Å². The number of hydrogen-bond acceptors (Lipinski definition) is 4. The van der Waals surface area contributed by atoms with E-state index < -0.39 is 10.0 Å². The monoisotopic (exact) mass is 402 g/mol. The fraction of sp³-hybridized carbons (Fsp3) is 0.333. The highest BCUT2D eigenvalue weighted by atomic mass is 32.2. The molecule has 0 saturated carbocycles. The fourth-order valence-electron chi connectivity index (χ4n) is 2.62. The Labute approximate surface area is 166 Å². The average Bonchev–Trinajstić information content (AvgIpc) is 2.67. The lowest BCUT2D eigenvalue weighted by Gasteiger charge is -2.17. The number of aryl methyl sites for hydroxylation is 1. The molecule has 2 aromatic carbocycles. The zero-order valence-corrected chi connectivity index (χ0v) is 17.3. The summed E-state index contributed by atoms with van der Waals surface area (Å²) >= 11 is 0. The minimum atomic E-state index is -3.65. The Kier molecular flexibility index (Phi) is 7.48. The molecule has 0 aliphatic heterocycles. The van der Waals surface area contributed by atoms with Gasteiger partial charge in [0.25, 0.3) is 0 Å². The van der Waals surface area contributed by atoms with Gasteiger partial charge in [-0.2, -0.15) is 0 Å². The van der Waals surface area contributed by atoms with Gasteiger partial charge < -0.3 is 5.32 Å². The fourth-order valence-corrected chi connectivity index (χ4v) is 3.83. The van der Waals surface area contributed by atoms with E-state index in [1.807, 2.05) is 31.2 Å². The molecule has 2 aromatic rings. The predicted molar refractivity (Wildman–Crippen MR) is 109 cm³/mol. The average molecular weight is 403 g/mol. The molecule has 0 bridgehead atoms. The van der Waals surface area contributed by atoms with Crippen molar-refractivity contribution in [1.82, 2.24) is 9.62 Å². The number of nitrogens with zero attached hydrogens (tertiary/aromatic N) is 1. The van der Waals surface area contributed by atoms with Gasteiger partial charge in [-0.05, 0) is 38.0 Å². The van der Waals surface area contributed by atoms with E-state index in [1.165, 1.54) is 42.5 Å². The van der Waals surface area contributed by atoms with Crippen molar-refractivity contribution >= 4 is 21.7 Å². The van der Waals surface area contributed by atoms with Crippen LogP contribution in [0.2, 0.25) is 0 Å². The third-order valence-electron chi connectivity index (χ3n) is 4.46. The molecule has 7 heteroatoms. The molecule has 0 aliphatic rings. The van der Waals surface area contributed by atoms with E-state index in [0.29, 0.717) is 18.5 Å². The summed E-state index contributed by atoms with van der Waals surface area (Å²) in [6.45, 7) is 4.12. The molecule has 0 radical (unpaired) electrons. The maximum absolute atomic E-state index is 12.6. The van der Waals surface area contributed by atoms with E-state index in [0.717, 1.165) is 11.1 Å². The zero-order valence-electron chi connectivity index (χ0n) is 16.4. The minimum Gasteiger partial charge on any atom is -0.352 e. The van der Waals surface area contributed by atoms with Crippen LogP contribution in [0.4, 0.5) is 0 Å². The van der Waals surface area contributed by atoms with Gasteiger partial charge in [0.2, 0.25) is 15.9 Å². The van der Waals surface area contributed by atoms with Gasteiger partial charge in [-0.3, -0.25) is 9.59 Å². The number of carbonyl (C=O) groups excluding carboxylic acids is 2. The summed E-state index contributed by atoms with van der Waals surface area (Å²) in [6.07, 6.45) is 0.663. The van der Waals surface area contributed by atoms with Crippen LogP contribution < -0.4 is 5.32 Å². The molecule has 28 heavy (non-hydrogen) atoms. The molecule has 1 amide bonds. The quantitative estimate of drug-likeness (QED) is 0.654. The van der Waals surface area contributed by atoms with Crippen molar-refractivity contribution in [1.29, 1.82) is 0 Å². The second-order valence-corrected chi connectivity index (χ2v) is 8.82. The van der Waals surface area contributed by atoms with Crippen LogP contribution in [0.25, 0.3) is 0 Å². The first-order chi connectivity index (χ1) is 13.2. The Bertz CT molecular complexity index is 920. The molecule has 150 valence electrons. The van der Waals surface area contributed by atoms with Crippen molar-refractivity contribution in [2.24, 2.45) is 0 Å². The van der Waals surface area contributed by atoms with Gasteiger partial charge in [0, 0.05) is 32.1 Å². The number of hydrogen-bond donors (Lipinski definition) is 1. The van der Waals surface area contributed by atoms with E-state index >= 15 is 0 Å². The van der Waals surface area contributed by atoms with Crippen molar-refractivity contribution in [3.05, 3.63) is 65.2 Å². The molecule has 2 rings (SSSR count). The van der Waals surface area contributed by atoms with Gasteiger partial charge >= 0.3 is 0 Å². The molecule has 6 nitrogen and oxygen atoms in total. The lowest BCUT2D eigenvalue weighted by atomic mass is 10.1. The molecule has 0 fully saturated rings. The third-order valence-corrected chi connectivity index (χ3v) is 6.33. The Balaban J connectivity index is 1.81.